The summed E-state index contributed by atoms with van der Waals surface area (Å²) in [7, 11) is -7.29. The second-order valence-corrected chi connectivity index (χ2v) is 14.8. The molecule has 0 unspecified atom stereocenters. The van der Waals surface area contributed by atoms with E-state index in [0.717, 1.165) is 29.2 Å². The zero-order valence-electron chi connectivity index (χ0n) is 25.9. The smallest absolute Gasteiger partial charge is 0.363 e. The van der Waals surface area contributed by atoms with Crippen molar-refractivity contribution in [1.29, 1.82) is 0 Å². The van der Waals surface area contributed by atoms with Gasteiger partial charge in [0, 0.05) is 43.1 Å². The number of nitrogens with zero attached hydrogens (tertiary/aromatic N) is 2. The summed E-state index contributed by atoms with van der Waals surface area (Å²) in [5.74, 6) is -0.389. The van der Waals surface area contributed by atoms with E-state index in [-0.39, 0.29) is 22.2 Å². The summed E-state index contributed by atoms with van der Waals surface area (Å²) in [6.45, 7) is 21.6. The van der Waals surface area contributed by atoms with Crippen LogP contribution in [-0.4, -0.2) is 55.5 Å². The summed E-state index contributed by atoms with van der Waals surface area (Å²) < 4.78 is 61.4. The first kappa shape index (κ1) is 31.8. The summed E-state index contributed by atoms with van der Waals surface area (Å²) in [5, 5.41) is 2.12. The van der Waals surface area contributed by atoms with E-state index in [1.165, 1.54) is 33.5 Å². The zero-order chi connectivity index (χ0) is 31.6. The number of hydrogen-bond donors (Lipinski definition) is 1. The van der Waals surface area contributed by atoms with E-state index < -0.39 is 20.7 Å². The lowest BCUT2D eigenvalue weighted by molar-refractivity contribution is 0.401. The first-order valence-corrected chi connectivity index (χ1v) is 16.7. The van der Waals surface area contributed by atoms with Crippen molar-refractivity contribution in [2.45, 2.75) is 78.8 Å². The number of benzene rings is 2. The molecule has 0 aromatic heterocycles. The average molecular weight is 614 g/mol. The predicted octanol–water partition coefficient (Wildman–Crippen LogP) is 3.75. The molecule has 2 aliphatic heterocycles. The maximum Gasteiger partial charge on any atom is 0.425 e. The molecular weight excluding hydrogens is 572 g/mol. The number of allylic oxidation sites excluding steroid dienone is 1. The highest BCUT2D eigenvalue weighted by atomic mass is 32.2. The minimum atomic E-state index is -4.18. The monoisotopic (exact) mass is 613 g/mol. The lowest BCUT2D eigenvalue weighted by Crippen LogP contribution is -2.50. The van der Waals surface area contributed by atoms with Gasteiger partial charge in [0.05, 0.1) is 11.1 Å². The van der Waals surface area contributed by atoms with Crippen molar-refractivity contribution in [3.63, 3.8) is 0 Å². The van der Waals surface area contributed by atoms with E-state index in [1.54, 1.807) is 0 Å². The molecule has 10 heteroatoms. The SMILES string of the molecule is CCN1c2cc3c(cc2C(C)=CC1(C)C)C=c1cc2c(cc1C3(C)C)=[N+](CC)C(C)(C)C=C2CS(=O)(=O)O.O=S(=O)=O. The highest BCUT2D eigenvalue weighted by Crippen LogP contribution is 2.44. The highest BCUT2D eigenvalue weighted by Gasteiger charge is 2.39. The molecule has 1 N–H and O–H groups in total. The first-order valence-electron chi connectivity index (χ1n) is 14.1. The standard InChI is InChI=1S/C32H40N2O3S.O3S/c1-10-33-28-15-26-21(13-24(28)20(3)17-30(33,4)5)12-22-14-25-23(19-38(35,36)37)18-31(6,7)34(11-2)29(25)16-27(22)32(26,8)9;1-4(2)3/h12-18H,10-11,19H2,1-9H3;/p+1. The average Bonchev–Trinajstić information content (AvgIpc) is 2.81. The van der Waals surface area contributed by atoms with Gasteiger partial charge in [-0.25, -0.2) is 4.58 Å². The Labute approximate surface area is 250 Å². The minimum Gasteiger partial charge on any atom is -0.363 e. The van der Waals surface area contributed by atoms with Crippen molar-refractivity contribution in [2.75, 3.05) is 23.7 Å². The van der Waals surface area contributed by atoms with Crippen LogP contribution < -0.4 is 20.1 Å². The molecule has 0 bridgehead atoms. The van der Waals surface area contributed by atoms with Gasteiger partial charge in [-0.15, -0.1) is 12.6 Å². The van der Waals surface area contributed by atoms with Gasteiger partial charge in [-0.3, -0.25) is 4.55 Å². The Kier molecular flexibility index (Phi) is 8.02. The Hall–Kier alpha value is -3.08. The second-order valence-electron chi connectivity index (χ2n) is 12.9. The zero-order valence-corrected chi connectivity index (χ0v) is 27.5. The molecular formula is C32H41N2O6S2+. The van der Waals surface area contributed by atoms with E-state index >= 15 is 0 Å². The van der Waals surface area contributed by atoms with Crippen LogP contribution in [0, 0.1) is 0 Å². The summed E-state index contributed by atoms with van der Waals surface area (Å²) in [5.41, 5.74) is 8.43. The summed E-state index contributed by atoms with van der Waals surface area (Å²) >= 11 is 0. The van der Waals surface area contributed by atoms with Crippen molar-refractivity contribution in [2.24, 2.45) is 0 Å². The van der Waals surface area contributed by atoms with E-state index in [9.17, 15) is 13.0 Å². The van der Waals surface area contributed by atoms with Crippen molar-refractivity contribution in [3.05, 3.63) is 74.8 Å². The normalized spacial score (nSPS) is 19.0. The number of hydrogen-bond acceptors (Lipinski definition) is 6. The van der Waals surface area contributed by atoms with Gasteiger partial charge in [-0.05, 0) is 98.0 Å². The van der Waals surface area contributed by atoms with Gasteiger partial charge in [0.15, 0.2) is 5.54 Å². The van der Waals surface area contributed by atoms with Crippen molar-refractivity contribution >= 4 is 43.6 Å². The van der Waals surface area contributed by atoms with Gasteiger partial charge in [0.1, 0.15) is 12.3 Å². The summed E-state index contributed by atoms with van der Waals surface area (Å²) in [4.78, 5) is 2.49. The molecule has 2 aromatic carbocycles. The van der Waals surface area contributed by atoms with Crippen LogP contribution in [0.5, 0.6) is 0 Å². The Morgan fingerprint density at radius 1 is 0.905 bits per heavy atom. The van der Waals surface area contributed by atoms with Crippen LogP contribution in [0.2, 0.25) is 0 Å². The van der Waals surface area contributed by atoms with E-state index in [0.29, 0.717) is 5.57 Å². The number of likely N-dealkylation sites (N-methyl/N-ethyl adjacent to an activating group) is 2. The Balaban J connectivity index is 0.000000952. The van der Waals surface area contributed by atoms with Gasteiger partial charge in [-0.2, -0.15) is 8.42 Å². The minimum absolute atomic E-state index is 0.0530. The quantitative estimate of drug-likeness (QED) is 0.413. The fraction of sp³-hybridized carbons (Fsp3) is 0.469. The van der Waals surface area contributed by atoms with Crippen LogP contribution in [0.25, 0.3) is 17.2 Å². The number of fused-ring (bicyclic) bond motifs is 4. The molecule has 3 aliphatic rings. The van der Waals surface area contributed by atoms with E-state index in [1.807, 2.05) is 6.08 Å². The maximum atomic E-state index is 12.0. The lowest BCUT2D eigenvalue weighted by Gasteiger charge is -2.44. The molecule has 1 aliphatic carbocycles. The van der Waals surface area contributed by atoms with Crippen LogP contribution in [-0.2, 0) is 26.1 Å². The Morgan fingerprint density at radius 3 is 2.07 bits per heavy atom. The third-order valence-corrected chi connectivity index (χ3v) is 9.48. The molecule has 0 amide bonds. The largest absolute Gasteiger partial charge is 0.425 e. The highest BCUT2D eigenvalue weighted by molar-refractivity contribution is 7.86. The van der Waals surface area contributed by atoms with Crippen LogP contribution >= 0.6 is 0 Å². The fourth-order valence-corrected chi connectivity index (χ4v) is 7.86. The molecule has 0 spiro atoms. The van der Waals surface area contributed by atoms with Crippen LogP contribution in [0.1, 0.15) is 90.1 Å². The Bertz CT molecular complexity index is 1890. The fourth-order valence-electron chi connectivity index (χ4n) is 7.22. The molecule has 0 saturated carbocycles. The van der Waals surface area contributed by atoms with E-state index in [2.05, 4.69) is 108 Å². The third-order valence-electron chi connectivity index (χ3n) is 8.80. The third kappa shape index (κ3) is 5.64. The summed E-state index contributed by atoms with van der Waals surface area (Å²) in [6, 6.07) is 9.12. The molecule has 2 aromatic rings. The van der Waals surface area contributed by atoms with Gasteiger partial charge in [0.2, 0.25) is 5.36 Å². The lowest BCUT2D eigenvalue weighted by atomic mass is 9.70. The molecule has 42 heavy (non-hydrogen) atoms. The van der Waals surface area contributed by atoms with Crippen molar-refractivity contribution in [1.82, 2.24) is 4.58 Å². The molecule has 0 saturated heterocycles. The first-order chi connectivity index (χ1) is 19.2. The molecule has 0 atom stereocenters. The van der Waals surface area contributed by atoms with Crippen LogP contribution in [0.15, 0.2) is 36.4 Å². The van der Waals surface area contributed by atoms with Gasteiger partial charge in [-0.1, -0.05) is 19.9 Å². The molecule has 2 heterocycles. The molecule has 0 fully saturated rings. The summed E-state index contributed by atoms with van der Waals surface area (Å²) in [6.07, 6.45) is 6.60. The predicted molar refractivity (Wildman–Crippen MR) is 169 cm³/mol. The second kappa shape index (κ2) is 10.6. The van der Waals surface area contributed by atoms with Crippen LogP contribution in [0.4, 0.5) is 5.69 Å². The van der Waals surface area contributed by atoms with Crippen molar-refractivity contribution in [3.8, 4) is 0 Å². The maximum absolute atomic E-state index is 12.0. The molecule has 0 radical (unpaired) electrons. The number of rotatable bonds is 4. The van der Waals surface area contributed by atoms with Gasteiger partial charge in [0.25, 0.3) is 10.1 Å². The molecule has 5 rings (SSSR count). The van der Waals surface area contributed by atoms with Crippen LogP contribution in [0.3, 0.4) is 0 Å². The van der Waals surface area contributed by atoms with Gasteiger partial charge >= 0.3 is 10.6 Å². The van der Waals surface area contributed by atoms with Crippen molar-refractivity contribution < 1.29 is 25.6 Å². The molecule has 8 nitrogen and oxygen atoms in total. The Morgan fingerprint density at radius 2 is 1.52 bits per heavy atom. The molecule has 226 valence electrons. The van der Waals surface area contributed by atoms with Gasteiger partial charge < -0.3 is 4.90 Å². The van der Waals surface area contributed by atoms with E-state index in [4.69, 9.17) is 12.6 Å². The topological polar surface area (TPSA) is 112 Å². The number of anilines is 1.